The number of carbonyl (C=O) groups is 2. The Morgan fingerprint density at radius 3 is 2.42 bits per heavy atom. The van der Waals surface area contributed by atoms with Crippen LogP contribution < -0.4 is 4.72 Å². The van der Waals surface area contributed by atoms with Gasteiger partial charge in [0.05, 0.1) is 4.90 Å². The van der Waals surface area contributed by atoms with E-state index in [9.17, 15) is 18.0 Å². The number of rotatable bonds is 7. The molecule has 0 heterocycles. The molecule has 1 atom stereocenters. The number of hydrogen-bond donors (Lipinski definition) is 2. The summed E-state index contributed by atoms with van der Waals surface area (Å²) in [5, 5.41) is 9.41. The lowest BCUT2D eigenvalue weighted by Gasteiger charge is -2.10. The van der Waals surface area contributed by atoms with Crippen molar-refractivity contribution in [3.8, 4) is 0 Å². The van der Waals surface area contributed by atoms with Gasteiger partial charge in [0.2, 0.25) is 10.0 Å². The van der Waals surface area contributed by atoms with Gasteiger partial charge in [0.15, 0.2) is 5.78 Å². The Bertz CT molecular complexity index is 952. The molecule has 1 unspecified atom stereocenters. The number of halogens is 1. The Hall–Kier alpha value is -2.48. The molecule has 0 saturated heterocycles. The van der Waals surface area contributed by atoms with Crippen LogP contribution in [0.1, 0.15) is 22.8 Å². The molecule has 136 valence electrons. The summed E-state index contributed by atoms with van der Waals surface area (Å²) in [6.07, 6.45) is 2.91. The Morgan fingerprint density at radius 1 is 1.15 bits per heavy atom. The van der Waals surface area contributed by atoms with Crippen molar-refractivity contribution < 1.29 is 23.1 Å². The zero-order valence-corrected chi connectivity index (χ0v) is 15.3. The van der Waals surface area contributed by atoms with Gasteiger partial charge in [0, 0.05) is 10.6 Å². The highest BCUT2D eigenvalue weighted by atomic mass is 35.5. The molecule has 6 nitrogen and oxygen atoms in total. The summed E-state index contributed by atoms with van der Waals surface area (Å²) < 4.78 is 26.5. The van der Waals surface area contributed by atoms with Gasteiger partial charge in [0.25, 0.3) is 0 Å². The molecule has 0 fully saturated rings. The number of nitrogens with one attached hydrogen (secondary N) is 1. The molecule has 0 saturated carbocycles. The molecule has 0 amide bonds. The van der Waals surface area contributed by atoms with Crippen LogP contribution in [0.15, 0.2) is 59.5 Å². The van der Waals surface area contributed by atoms with E-state index in [1.54, 1.807) is 30.3 Å². The summed E-state index contributed by atoms with van der Waals surface area (Å²) in [6, 6.07) is 11.0. The lowest BCUT2D eigenvalue weighted by atomic mass is 10.1. The van der Waals surface area contributed by atoms with E-state index >= 15 is 0 Å². The molecule has 0 aliphatic rings. The summed E-state index contributed by atoms with van der Waals surface area (Å²) in [4.78, 5) is 22.9. The quantitative estimate of drug-likeness (QED) is 0.556. The van der Waals surface area contributed by atoms with Crippen LogP contribution in [-0.2, 0) is 14.8 Å². The molecular formula is C18H16ClNO5S. The van der Waals surface area contributed by atoms with Gasteiger partial charge < -0.3 is 5.11 Å². The first-order chi connectivity index (χ1) is 12.2. The van der Waals surface area contributed by atoms with Crippen molar-refractivity contribution in [2.45, 2.75) is 17.9 Å². The fourth-order valence-electron chi connectivity index (χ4n) is 2.01. The molecule has 0 spiro atoms. The van der Waals surface area contributed by atoms with E-state index in [1.165, 1.54) is 37.3 Å². The highest BCUT2D eigenvalue weighted by Crippen LogP contribution is 2.15. The molecule has 2 aromatic carbocycles. The highest BCUT2D eigenvalue weighted by Gasteiger charge is 2.22. The molecule has 0 aliphatic heterocycles. The van der Waals surface area contributed by atoms with E-state index in [4.69, 9.17) is 16.7 Å². The first-order valence-corrected chi connectivity index (χ1v) is 9.38. The predicted octanol–water partition coefficient (Wildman–Crippen LogP) is 2.99. The largest absolute Gasteiger partial charge is 0.480 e. The second-order valence-electron chi connectivity index (χ2n) is 5.46. The average Bonchev–Trinajstić information content (AvgIpc) is 2.60. The number of hydrogen-bond acceptors (Lipinski definition) is 4. The smallest absolute Gasteiger partial charge is 0.321 e. The molecule has 2 aromatic rings. The second-order valence-corrected chi connectivity index (χ2v) is 7.61. The van der Waals surface area contributed by atoms with Crippen LogP contribution in [0, 0.1) is 0 Å². The van der Waals surface area contributed by atoms with Gasteiger partial charge >= 0.3 is 5.97 Å². The van der Waals surface area contributed by atoms with Crippen molar-refractivity contribution in [2.24, 2.45) is 0 Å². The Kier molecular flexibility index (Phi) is 6.31. The van der Waals surface area contributed by atoms with Gasteiger partial charge in [-0.2, -0.15) is 4.72 Å². The summed E-state index contributed by atoms with van der Waals surface area (Å²) in [5.74, 6) is -1.69. The van der Waals surface area contributed by atoms with Crippen molar-refractivity contribution in [3.05, 3.63) is 70.8 Å². The third-order valence-electron chi connectivity index (χ3n) is 3.43. The summed E-state index contributed by atoms with van der Waals surface area (Å²) in [5.41, 5.74) is 0.935. The highest BCUT2D eigenvalue weighted by molar-refractivity contribution is 7.89. The van der Waals surface area contributed by atoms with Gasteiger partial charge in [0.1, 0.15) is 6.04 Å². The van der Waals surface area contributed by atoms with Crippen LogP contribution in [0.5, 0.6) is 0 Å². The molecule has 0 aromatic heterocycles. The van der Waals surface area contributed by atoms with Crippen molar-refractivity contribution in [1.82, 2.24) is 4.72 Å². The van der Waals surface area contributed by atoms with Crippen LogP contribution >= 0.6 is 11.6 Å². The number of ketones is 1. The maximum atomic E-state index is 12.3. The molecule has 2 N–H and O–H groups in total. The number of benzene rings is 2. The molecule has 8 heteroatoms. The lowest BCUT2D eigenvalue weighted by molar-refractivity contribution is -0.138. The first-order valence-electron chi connectivity index (χ1n) is 7.52. The maximum Gasteiger partial charge on any atom is 0.321 e. The summed E-state index contributed by atoms with van der Waals surface area (Å²) >= 11 is 5.80. The van der Waals surface area contributed by atoms with Crippen LogP contribution in [-0.4, -0.2) is 31.3 Å². The fourth-order valence-corrected chi connectivity index (χ4v) is 3.38. The Morgan fingerprint density at radius 2 is 1.81 bits per heavy atom. The minimum absolute atomic E-state index is 0.168. The van der Waals surface area contributed by atoms with Gasteiger partial charge in [-0.25, -0.2) is 8.42 Å². The van der Waals surface area contributed by atoms with E-state index in [0.29, 0.717) is 5.02 Å². The van der Waals surface area contributed by atoms with Crippen LogP contribution in [0.3, 0.4) is 0 Å². The van der Waals surface area contributed by atoms with Crippen molar-refractivity contribution in [2.75, 3.05) is 0 Å². The zero-order valence-electron chi connectivity index (χ0n) is 13.7. The third kappa shape index (κ3) is 5.26. The lowest BCUT2D eigenvalue weighted by Crippen LogP contribution is -2.38. The standard InChI is InChI=1S/C18H16ClNO5S/c1-12(18(22)23)20-26(24,25)16-4-2-3-14(11-16)17(21)10-7-13-5-8-15(19)9-6-13/h2-12,20H,1H3,(H,22,23). The summed E-state index contributed by atoms with van der Waals surface area (Å²) in [7, 11) is -4.05. The molecule has 0 bridgehead atoms. The van der Waals surface area contributed by atoms with Crippen molar-refractivity contribution >= 4 is 39.5 Å². The Labute approximate surface area is 156 Å². The van der Waals surface area contributed by atoms with E-state index in [2.05, 4.69) is 0 Å². The number of allylic oxidation sites excluding steroid dienone is 1. The van der Waals surface area contributed by atoms with E-state index < -0.39 is 22.0 Å². The molecule has 26 heavy (non-hydrogen) atoms. The minimum Gasteiger partial charge on any atom is -0.480 e. The number of carboxylic acid groups (broad SMARTS) is 1. The van der Waals surface area contributed by atoms with Crippen molar-refractivity contribution in [3.63, 3.8) is 0 Å². The molecule has 2 rings (SSSR count). The third-order valence-corrected chi connectivity index (χ3v) is 5.22. The normalized spacial score (nSPS) is 12.8. The van der Waals surface area contributed by atoms with Crippen molar-refractivity contribution in [1.29, 1.82) is 0 Å². The van der Waals surface area contributed by atoms with Crippen LogP contribution in [0.2, 0.25) is 5.02 Å². The molecule has 0 aliphatic carbocycles. The number of carboxylic acids is 1. The second kappa shape index (κ2) is 8.27. The van der Waals surface area contributed by atoms with E-state index in [1.807, 2.05) is 4.72 Å². The first kappa shape index (κ1) is 19.8. The summed E-state index contributed by atoms with van der Waals surface area (Å²) in [6.45, 7) is 1.21. The Balaban J connectivity index is 2.21. The topological polar surface area (TPSA) is 101 Å². The molecular weight excluding hydrogens is 378 g/mol. The predicted molar refractivity (Wildman–Crippen MR) is 98.7 cm³/mol. The van der Waals surface area contributed by atoms with Gasteiger partial charge in [-0.15, -0.1) is 0 Å². The SMILES string of the molecule is CC(NS(=O)(=O)c1cccc(C(=O)C=Cc2ccc(Cl)cc2)c1)C(=O)O. The van der Waals surface area contributed by atoms with Gasteiger partial charge in [-0.1, -0.05) is 41.9 Å². The van der Waals surface area contributed by atoms with E-state index in [-0.39, 0.29) is 16.2 Å². The van der Waals surface area contributed by atoms with Gasteiger partial charge in [-0.05, 0) is 42.8 Å². The monoisotopic (exact) mass is 393 g/mol. The van der Waals surface area contributed by atoms with E-state index in [0.717, 1.165) is 5.56 Å². The van der Waals surface area contributed by atoms with Crippen LogP contribution in [0.25, 0.3) is 6.08 Å². The number of sulfonamides is 1. The molecule has 0 radical (unpaired) electrons. The fraction of sp³-hybridized carbons (Fsp3) is 0.111. The average molecular weight is 394 g/mol. The minimum atomic E-state index is -4.05. The van der Waals surface area contributed by atoms with Gasteiger partial charge in [-0.3, -0.25) is 9.59 Å². The maximum absolute atomic E-state index is 12.3. The van der Waals surface area contributed by atoms with Crippen LogP contribution in [0.4, 0.5) is 0 Å². The number of carbonyl (C=O) groups excluding carboxylic acids is 1. The number of aliphatic carboxylic acids is 1. The zero-order chi connectivity index (χ0) is 19.3.